The lowest BCUT2D eigenvalue weighted by molar-refractivity contribution is -0.118. The second-order valence-corrected chi connectivity index (χ2v) is 5.42. The van der Waals surface area contributed by atoms with Crippen LogP contribution < -0.4 is 10.1 Å². The number of nitrogens with zero attached hydrogens (tertiary/aromatic N) is 1. The molecule has 2 rings (SSSR count). The van der Waals surface area contributed by atoms with E-state index in [-0.39, 0.29) is 5.91 Å². The number of amides is 1. The van der Waals surface area contributed by atoms with E-state index in [1.807, 2.05) is 48.5 Å². The summed E-state index contributed by atoms with van der Waals surface area (Å²) in [6.07, 6.45) is 1.72. The van der Waals surface area contributed by atoms with Gasteiger partial charge in [0.05, 0.1) is 24.6 Å². The molecular weight excluding hydrogens is 284 g/mol. The Balaban J connectivity index is 1.53. The minimum Gasteiger partial charge on any atom is -0.493 e. The molecule has 0 aliphatic heterocycles. The monoisotopic (exact) mass is 302 g/mol. The number of pyridine rings is 1. The van der Waals surface area contributed by atoms with Crippen molar-refractivity contribution in [3.63, 3.8) is 0 Å². The topological polar surface area (TPSA) is 51.2 Å². The molecule has 4 nitrogen and oxygen atoms in total. The van der Waals surface area contributed by atoms with Crippen molar-refractivity contribution < 1.29 is 9.53 Å². The SMILES string of the molecule is O=C(CSCCOc1ccccc1)NCc1ccccn1. The van der Waals surface area contributed by atoms with E-state index >= 15 is 0 Å². The van der Waals surface area contributed by atoms with Crippen LogP contribution in [0, 0.1) is 0 Å². The first kappa shape index (κ1) is 15.4. The number of ether oxygens (including phenoxy) is 1. The molecule has 0 saturated heterocycles. The van der Waals surface area contributed by atoms with Crippen molar-refractivity contribution in [1.29, 1.82) is 0 Å². The van der Waals surface area contributed by atoms with Crippen LogP contribution in [0.4, 0.5) is 0 Å². The lowest BCUT2D eigenvalue weighted by Crippen LogP contribution is -2.25. The largest absolute Gasteiger partial charge is 0.493 e. The first-order chi connectivity index (χ1) is 10.3. The molecule has 0 aliphatic carbocycles. The molecule has 1 heterocycles. The van der Waals surface area contributed by atoms with Gasteiger partial charge in [-0.1, -0.05) is 24.3 Å². The van der Waals surface area contributed by atoms with Crippen molar-refractivity contribution >= 4 is 17.7 Å². The van der Waals surface area contributed by atoms with Crippen molar-refractivity contribution in [3.8, 4) is 5.75 Å². The normalized spacial score (nSPS) is 10.1. The Morgan fingerprint density at radius 2 is 1.95 bits per heavy atom. The van der Waals surface area contributed by atoms with Gasteiger partial charge in [0.15, 0.2) is 0 Å². The second kappa shape index (κ2) is 9.02. The Labute approximate surface area is 128 Å². The van der Waals surface area contributed by atoms with Gasteiger partial charge in [0.25, 0.3) is 0 Å². The van der Waals surface area contributed by atoms with E-state index in [9.17, 15) is 4.79 Å². The minimum absolute atomic E-state index is 0.0189. The summed E-state index contributed by atoms with van der Waals surface area (Å²) in [5.41, 5.74) is 0.864. The first-order valence-electron chi connectivity index (χ1n) is 6.77. The summed E-state index contributed by atoms with van der Waals surface area (Å²) in [5, 5.41) is 2.84. The van der Waals surface area contributed by atoms with Crippen LogP contribution >= 0.6 is 11.8 Å². The fraction of sp³-hybridized carbons (Fsp3) is 0.250. The maximum Gasteiger partial charge on any atom is 0.230 e. The summed E-state index contributed by atoms with van der Waals surface area (Å²) in [7, 11) is 0. The van der Waals surface area contributed by atoms with Gasteiger partial charge >= 0.3 is 0 Å². The van der Waals surface area contributed by atoms with Crippen molar-refractivity contribution in [3.05, 3.63) is 60.4 Å². The highest BCUT2D eigenvalue weighted by Gasteiger charge is 2.02. The number of carbonyl (C=O) groups is 1. The molecule has 0 unspecified atom stereocenters. The maximum atomic E-state index is 11.6. The van der Waals surface area contributed by atoms with Crippen LogP contribution in [0.25, 0.3) is 0 Å². The van der Waals surface area contributed by atoms with E-state index < -0.39 is 0 Å². The van der Waals surface area contributed by atoms with Crippen LogP contribution in [0.1, 0.15) is 5.69 Å². The van der Waals surface area contributed by atoms with Crippen LogP contribution in [-0.2, 0) is 11.3 Å². The first-order valence-corrected chi connectivity index (χ1v) is 7.92. The number of para-hydroxylation sites is 1. The molecule has 0 radical (unpaired) electrons. The maximum absolute atomic E-state index is 11.6. The van der Waals surface area contributed by atoms with Crippen molar-refractivity contribution in [1.82, 2.24) is 10.3 Å². The number of nitrogens with one attached hydrogen (secondary N) is 1. The van der Waals surface area contributed by atoms with Crippen LogP contribution in [0.3, 0.4) is 0 Å². The standard InChI is InChI=1S/C16H18N2O2S/c19-16(18-12-14-6-4-5-9-17-14)13-21-11-10-20-15-7-2-1-3-8-15/h1-9H,10-13H2,(H,18,19). The molecule has 0 spiro atoms. The molecule has 1 N–H and O–H groups in total. The van der Waals surface area contributed by atoms with Gasteiger partial charge in [-0.3, -0.25) is 9.78 Å². The summed E-state index contributed by atoms with van der Waals surface area (Å²) in [4.78, 5) is 15.8. The third-order valence-electron chi connectivity index (χ3n) is 2.67. The third kappa shape index (κ3) is 6.31. The molecule has 0 saturated carbocycles. The van der Waals surface area contributed by atoms with Crippen LogP contribution in [0.5, 0.6) is 5.75 Å². The number of rotatable bonds is 8. The second-order valence-electron chi connectivity index (χ2n) is 4.31. The van der Waals surface area contributed by atoms with E-state index in [1.165, 1.54) is 0 Å². The number of aromatic nitrogens is 1. The van der Waals surface area contributed by atoms with Crippen molar-refractivity contribution in [2.75, 3.05) is 18.1 Å². The lowest BCUT2D eigenvalue weighted by Gasteiger charge is -2.06. The van der Waals surface area contributed by atoms with Gasteiger partial charge in [-0.2, -0.15) is 0 Å². The van der Waals surface area contributed by atoms with Crippen molar-refractivity contribution in [2.24, 2.45) is 0 Å². The zero-order valence-electron chi connectivity index (χ0n) is 11.7. The average molecular weight is 302 g/mol. The lowest BCUT2D eigenvalue weighted by atomic mass is 10.3. The molecule has 2 aromatic rings. The molecule has 0 fully saturated rings. The summed E-state index contributed by atoms with van der Waals surface area (Å²) in [6.45, 7) is 1.07. The summed E-state index contributed by atoms with van der Waals surface area (Å²) < 4.78 is 5.55. The molecule has 21 heavy (non-hydrogen) atoms. The number of thioether (sulfide) groups is 1. The van der Waals surface area contributed by atoms with Crippen LogP contribution in [0.15, 0.2) is 54.7 Å². The number of benzene rings is 1. The molecule has 0 atom stereocenters. The molecule has 0 aliphatic rings. The molecule has 1 amide bonds. The van der Waals surface area contributed by atoms with Gasteiger partial charge in [0.1, 0.15) is 5.75 Å². The Bertz CT molecular complexity index is 534. The van der Waals surface area contributed by atoms with Gasteiger partial charge in [-0.05, 0) is 24.3 Å². The molecular formula is C16H18N2O2S. The molecule has 0 bridgehead atoms. The highest BCUT2D eigenvalue weighted by atomic mass is 32.2. The quantitative estimate of drug-likeness (QED) is 0.761. The van der Waals surface area contributed by atoms with E-state index in [4.69, 9.17) is 4.74 Å². The molecule has 1 aromatic heterocycles. The van der Waals surface area contributed by atoms with Gasteiger partial charge in [-0.25, -0.2) is 0 Å². The minimum atomic E-state index is 0.0189. The summed E-state index contributed by atoms with van der Waals surface area (Å²) in [5.74, 6) is 2.10. The van der Waals surface area contributed by atoms with Crippen LogP contribution in [0.2, 0.25) is 0 Å². The zero-order valence-corrected chi connectivity index (χ0v) is 12.5. The average Bonchev–Trinajstić information content (AvgIpc) is 2.54. The van der Waals surface area contributed by atoms with Crippen molar-refractivity contribution in [2.45, 2.75) is 6.54 Å². The number of carbonyl (C=O) groups excluding carboxylic acids is 1. The van der Waals surface area contributed by atoms with E-state index in [2.05, 4.69) is 10.3 Å². The van der Waals surface area contributed by atoms with E-state index in [1.54, 1.807) is 18.0 Å². The summed E-state index contributed by atoms with van der Waals surface area (Å²) in [6, 6.07) is 15.3. The highest BCUT2D eigenvalue weighted by molar-refractivity contribution is 7.99. The van der Waals surface area contributed by atoms with Gasteiger partial charge in [0.2, 0.25) is 5.91 Å². The van der Waals surface area contributed by atoms with E-state index in [0.717, 1.165) is 17.2 Å². The van der Waals surface area contributed by atoms with Gasteiger partial charge in [0, 0.05) is 11.9 Å². The van der Waals surface area contributed by atoms with E-state index in [0.29, 0.717) is 18.9 Å². The number of hydrogen-bond donors (Lipinski definition) is 1. The zero-order chi connectivity index (χ0) is 14.8. The Hall–Kier alpha value is -2.01. The smallest absolute Gasteiger partial charge is 0.230 e. The molecule has 1 aromatic carbocycles. The predicted molar refractivity (Wildman–Crippen MR) is 85.3 cm³/mol. The molecule has 5 heteroatoms. The Kier molecular flexibility index (Phi) is 6.61. The Morgan fingerprint density at radius 3 is 2.71 bits per heavy atom. The fourth-order valence-corrected chi connectivity index (χ4v) is 2.28. The highest BCUT2D eigenvalue weighted by Crippen LogP contribution is 2.09. The Morgan fingerprint density at radius 1 is 1.14 bits per heavy atom. The fourth-order valence-electron chi connectivity index (χ4n) is 1.64. The number of hydrogen-bond acceptors (Lipinski definition) is 4. The van der Waals surface area contributed by atoms with Crippen LogP contribution in [-0.4, -0.2) is 29.0 Å². The molecule has 110 valence electrons. The third-order valence-corrected chi connectivity index (χ3v) is 3.59. The van der Waals surface area contributed by atoms with Gasteiger partial charge < -0.3 is 10.1 Å². The van der Waals surface area contributed by atoms with Gasteiger partial charge in [-0.15, -0.1) is 11.8 Å². The summed E-state index contributed by atoms with van der Waals surface area (Å²) >= 11 is 1.56. The predicted octanol–water partition coefficient (Wildman–Crippen LogP) is 2.51.